The van der Waals surface area contributed by atoms with Crippen molar-refractivity contribution in [3.05, 3.63) is 28.8 Å². The number of hydrogen-bond acceptors (Lipinski definition) is 3. The average Bonchev–Trinajstić information content (AvgIpc) is 3.06. The van der Waals surface area contributed by atoms with Crippen LogP contribution in [0.4, 0.5) is 0 Å². The Kier molecular flexibility index (Phi) is 4.28. The first-order chi connectivity index (χ1) is 8.90. The molecular formula is C14H22N2O2S. The predicted octanol–water partition coefficient (Wildman–Crippen LogP) is 1.64. The second kappa shape index (κ2) is 5.61. The molecule has 0 atom stereocenters. The zero-order valence-electron chi connectivity index (χ0n) is 11.8. The SMILES string of the molecule is Cc1cc(C)c(S(=O)(=O)NCCNC2CC2)c(C)c1. The Labute approximate surface area is 115 Å². The minimum atomic E-state index is -3.41. The Hall–Kier alpha value is -0.910. The van der Waals surface area contributed by atoms with Gasteiger partial charge >= 0.3 is 0 Å². The normalized spacial score (nSPS) is 15.7. The van der Waals surface area contributed by atoms with Crippen LogP contribution in [0.1, 0.15) is 29.5 Å². The zero-order chi connectivity index (χ0) is 14.0. The fourth-order valence-corrected chi connectivity index (χ4v) is 3.89. The summed E-state index contributed by atoms with van der Waals surface area (Å²) < 4.78 is 27.3. The molecule has 0 heterocycles. The highest BCUT2D eigenvalue weighted by Gasteiger charge is 2.21. The highest BCUT2D eigenvalue weighted by Crippen LogP contribution is 2.21. The summed E-state index contributed by atoms with van der Waals surface area (Å²) in [5.41, 5.74) is 2.70. The lowest BCUT2D eigenvalue weighted by molar-refractivity contribution is 0.574. The van der Waals surface area contributed by atoms with E-state index in [0.29, 0.717) is 24.0 Å². The van der Waals surface area contributed by atoms with E-state index in [0.717, 1.165) is 16.7 Å². The highest BCUT2D eigenvalue weighted by molar-refractivity contribution is 7.89. The lowest BCUT2D eigenvalue weighted by Gasteiger charge is -2.13. The van der Waals surface area contributed by atoms with Gasteiger partial charge in [-0.2, -0.15) is 0 Å². The van der Waals surface area contributed by atoms with Crippen molar-refractivity contribution in [3.63, 3.8) is 0 Å². The summed E-state index contributed by atoms with van der Waals surface area (Å²) in [6.07, 6.45) is 2.42. The molecule has 0 aromatic heterocycles. The van der Waals surface area contributed by atoms with Crippen LogP contribution in [0.3, 0.4) is 0 Å². The molecule has 106 valence electrons. The summed E-state index contributed by atoms with van der Waals surface area (Å²) in [7, 11) is -3.41. The summed E-state index contributed by atoms with van der Waals surface area (Å²) in [4.78, 5) is 0.421. The van der Waals surface area contributed by atoms with Crippen molar-refractivity contribution in [2.24, 2.45) is 0 Å². The Morgan fingerprint density at radius 1 is 1.11 bits per heavy atom. The van der Waals surface area contributed by atoms with Crippen LogP contribution in [0.2, 0.25) is 0 Å². The number of nitrogens with one attached hydrogen (secondary N) is 2. The topological polar surface area (TPSA) is 58.2 Å². The lowest BCUT2D eigenvalue weighted by atomic mass is 10.1. The number of sulfonamides is 1. The number of aryl methyl sites for hydroxylation is 3. The summed E-state index contributed by atoms with van der Waals surface area (Å²) in [5.74, 6) is 0. The number of rotatable bonds is 6. The van der Waals surface area contributed by atoms with E-state index in [1.54, 1.807) is 0 Å². The van der Waals surface area contributed by atoms with Crippen LogP contribution in [-0.4, -0.2) is 27.5 Å². The van der Waals surface area contributed by atoms with Crippen LogP contribution < -0.4 is 10.0 Å². The average molecular weight is 282 g/mol. The van der Waals surface area contributed by atoms with Crippen LogP contribution in [0, 0.1) is 20.8 Å². The Bertz CT molecular complexity index is 540. The molecule has 1 aliphatic rings. The second-order valence-electron chi connectivity index (χ2n) is 5.35. The van der Waals surface area contributed by atoms with E-state index in [1.165, 1.54) is 12.8 Å². The van der Waals surface area contributed by atoms with Gasteiger partial charge < -0.3 is 5.32 Å². The first-order valence-corrected chi connectivity index (χ1v) is 8.19. The molecular weight excluding hydrogens is 260 g/mol. The smallest absolute Gasteiger partial charge is 0.241 e. The van der Waals surface area contributed by atoms with Gasteiger partial charge in [0.25, 0.3) is 0 Å². The molecule has 0 saturated heterocycles. The maximum absolute atomic E-state index is 12.3. The second-order valence-corrected chi connectivity index (χ2v) is 7.06. The quantitative estimate of drug-likeness (QED) is 0.780. The molecule has 1 saturated carbocycles. The van der Waals surface area contributed by atoms with E-state index in [9.17, 15) is 8.42 Å². The first-order valence-electron chi connectivity index (χ1n) is 6.71. The molecule has 1 aromatic rings. The van der Waals surface area contributed by atoms with Gasteiger partial charge in [0, 0.05) is 19.1 Å². The fourth-order valence-electron chi connectivity index (χ4n) is 2.41. The largest absolute Gasteiger partial charge is 0.313 e. The lowest BCUT2D eigenvalue weighted by Crippen LogP contribution is -2.33. The molecule has 1 fully saturated rings. The molecule has 4 nitrogen and oxygen atoms in total. The molecule has 2 rings (SSSR count). The zero-order valence-corrected chi connectivity index (χ0v) is 12.6. The summed E-state index contributed by atoms with van der Waals surface area (Å²) in [6.45, 7) is 6.79. The van der Waals surface area contributed by atoms with Crippen molar-refractivity contribution in [2.45, 2.75) is 44.6 Å². The molecule has 1 aliphatic carbocycles. The number of benzene rings is 1. The van der Waals surface area contributed by atoms with Crippen molar-refractivity contribution in [3.8, 4) is 0 Å². The van der Waals surface area contributed by atoms with E-state index in [1.807, 2.05) is 32.9 Å². The van der Waals surface area contributed by atoms with E-state index in [-0.39, 0.29) is 0 Å². The minimum absolute atomic E-state index is 0.421. The van der Waals surface area contributed by atoms with Crippen molar-refractivity contribution in [1.82, 2.24) is 10.0 Å². The molecule has 0 amide bonds. The van der Waals surface area contributed by atoms with Gasteiger partial charge in [0.1, 0.15) is 0 Å². The van der Waals surface area contributed by atoms with E-state index >= 15 is 0 Å². The highest BCUT2D eigenvalue weighted by atomic mass is 32.2. The van der Waals surface area contributed by atoms with Gasteiger partial charge in [-0.1, -0.05) is 17.7 Å². The third-order valence-corrected chi connectivity index (χ3v) is 5.07. The van der Waals surface area contributed by atoms with Gasteiger partial charge in [-0.15, -0.1) is 0 Å². The van der Waals surface area contributed by atoms with Gasteiger partial charge in [-0.25, -0.2) is 13.1 Å². The monoisotopic (exact) mass is 282 g/mol. The molecule has 2 N–H and O–H groups in total. The van der Waals surface area contributed by atoms with E-state index < -0.39 is 10.0 Å². The molecule has 0 radical (unpaired) electrons. The minimum Gasteiger partial charge on any atom is -0.313 e. The third kappa shape index (κ3) is 3.78. The molecule has 1 aromatic carbocycles. The number of hydrogen-bond donors (Lipinski definition) is 2. The van der Waals surface area contributed by atoms with Gasteiger partial charge in [-0.05, 0) is 44.7 Å². The maximum Gasteiger partial charge on any atom is 0.241 e. The molecule has 0 unspecified atom stereocenters. The summed E-state index contributed by atoms with van der Waals surface area (Å²) >= 11 is 0. The van der Waals surface area contributed by atoms with Gasteiger partial charge in [-0.3, -0.25) is 0 Å². The van der Waals surface area contributed by atoms with Crippen LogP contribution in [0.25, 0.3) is 0 Å². The molecule has 19 heavy (non-hydrogen) atoms. The fraction of sp³-hybridized carbons (Fsp3) is 0.571. The van der Waals surface area contributed by atoms with Crippen molar-refractivity contribution in [1.29, 1.82) is 0 Å². The molecule has 5 heteroatoms. The first kappa shape index (κ1) is 14.5. The Balaban J connectivity index is 2.05. The van der Waals surface area contributed by atoms with Crippen molar-refractivity contribution < 1.29 is 8.42 Å². The molecule has 0 spiro atoms. The van der Waals surface area contributed by atoms with Crippen LogP contribution in [0.15, 0.2) is 17.0 Å². The predicted molar refractivity (Wildman–Crippen MR) is 76.9 cm³/mol. The van der Waals surface area contributed by atoms with Gasteiger partial charge in [0.05, 0.1) is 4.90 Å². The Morgan fingerprint density at radius 2 is 1.68 bits per heavy atom. The van der Waals surface area contributed by atoms with E-state index in [2.05, 4.69) is 10.0 Å². The summed E-state index contributed by atoms with van der Waals surface area (Å²) in [6, 6.07) is 4.42. The van der Waals surface area contributed by atoms with Gasteiger partial charge in [0.15, 0.2) is 0 Å². The standard InChI is InChI=1S/C14H22N2O2S/c1-10-8-11(2)14(12(3)9-10)19(17,18)16-7-6-15-13-4-5-13/h8-9,13,15-16H,4-7H2,1-3H3. The van der Waals surface area contributed by atoms with Crippen LogP contribution in [0.5, 0.6) is 0 Å². The van der Waals surface area contributed by atoms with E-state index in [4.69, 9.17) is 0 Å². The molecule has 0 bridgehead atoms. The third-order valence-electron chi connectivity index (χ3n) is 3.30. The Morgan fingerprint density at radius 3 is 2.21 bits per heavy atom. The van der Waals surface area contributed by atoms with Crippen molar-refractivity contribution in [2.75, 3.05) is 13.1 Å². The van der Waals surface area contributed by atoms with Crippen LogP contribution >= 0.6 is 0 Å². The molecule has 0 aliphatic heterocycles. The maximum atomic E-state index is 12.3. The van der Waals surface area contributed by atoms with Crippen LogP contribution in [-0.2, 0) is 10.0 Å². The summed E-state index contributed by atoms with van der Waals surface area (Å²) in [5, 5.41) is 3.29. The van der Waals surface area contributed by atoms with Gasteiger partial charge in [0.2, 0.25) is 10.0 Å². The van der Waals surface area contributed by atoms with Crippen molar-refractivity contribution >= 4 is 10.0 Å².